The van der Waals surface area contributed by atoms with E-state index in [9.17, 15) is 19.8 Å². The highest BCUT2D eigenvalue weighted by Crippen LogP contribution is 2.02. The van der Waals surface area contributed by atoms with E-state index in [1.54, 1.807) is 0 Å². The number of carbonyl (C=O) groups is 2. The van der Waals surface area contributed by atoms with E-state index in [1.807, 2.05) is 27.7 Å². The number of hydrogen-bond acceptors (Lipinski definition) is 5. The zero-order valence-corrected chi connectivity index (χ0v) is 13.8. The summed E-state index contributed by atoms with van der Waals surface area (Å²) in [5.74, 6) is 4.43. The van der Waals surface area contributed by atoms with Crippen LogP contribution in [0.5, 0.6) is 0 Å². The summed E-state index contributed by atoms with van der Waals surface area (Å²) in [6.07, 6.45) is -2.80. The molecule has 126 valence electrons. The maximum absolute atomic E-state index is 11.7. The van der Waals surface area contributed by atoms with Crippen molar-refractivity contribution in [2.24, 2.45) is 5.92 Å². The molecule has 6 nitrogen and oxygen atoms in total. The maximum Gasteiger partial charge on any atom is 0.252 e. The minimum Gasteiger partial charge on any atom is -0.382 e. The molecule has 0 aromatic heterocycles. The van der Waals surface area contributed by atoms with Gasteiger partial charge in [0.1, 0.15) is 6.10 Å². The van der Waals surface area contributed by atoms with Gasteiger partial charge in [0.2, 0.25) is 0 Å². The number of rotatable bonds is 9. The molecule has 0 aromatic rings. The van der Waals surface area contributed by atoms with Gasteiger partial charge in [-0.05, 0) is 13.0 Å². The monoisotopic (exact) mass is 312 g/mol. The quantitative estimate of drug-likeness (QED) is 0.350. The lowest BCUT2D eigenvalue weighted by Gasteiger charge is -2.16. The van der Waals surface area contributed by atoms with Gasteiger partial charge in [-0.25, -0.2) is 0 Å². The van der Waals surface area contributed by atoms with Crippen molar-refractivity contribution in [1.29, 1.82) is 0 Å². The van der Waals surface area contributed by atoms with Crippen LogP contribution < -0.4 is 10.6 Å². The lowest BCUT2D eigenvalue weighted by molar-refractivity contribution is -0.144. The zero-order chi connectivity index (χ0) is 17.1. The van der Waals surface area contributed by atoms with E-state index in [-0.39, 0.29) is 18.9 Å². The predicted octanol–water partition coefficient (Wildman–Crippen LogP) is -0.169. The van der Waals surface area contributed by atoms with Crippen LogP contribution >= 0.6 is 0 Å². The molecule has 0 spiro atoms. The molecule has 0 heterocycles. The minimum atomic E-state index is -1.76. The second kappa shape index (κ2) is 11.2. The van der Waals surface area contributed by atoms with Crippen molar-refractivity contribution in [3.8, 4) is 11.8 Å². The summed E-state index contributed by atoms with van der Waals surface area (Å²) in [6, 6.07) is 0.323. The number of ketones is 1. The first-order valence-electron chi connectivity index (χ1n) is 7.64. The highest BCUT2D eigenvalue weighted by Gasteiger charge is 2.29. The van der Waals surface area contributed by atoms with Crippen molar-refractivity contribution < 1.29 is 19.8 Å². The summed E-state index contributed by atoms with van der Waals surface area (Å²) in [7, 11) is 0. The Balaban J connectivity index is 4.12. The number of hydrogen-bond donors (Lipinski definition) is 4. The molecule has 2 unspecified atom stereocenters. The van der Waals surface area contributed by atoms with Gasteiger partial charge in [-0.2, -0.15) is 0 Å². The van der Waals surface area contributed by atoms with Crippen LogP contribution in [-0.2, 0) is 9.59 Å². The van der Waals surface area contributed by atoms with Crippen molar-refractivity contribution in [3.05, 3.63) is 0 Å². The average Bonchev–Trinajstić information content (AvgIpc) is 2.45. The maximum atomic E-state index is 11.7. The highest BCUT2D eigenvalue weighted by atomic mass is 16.3. The Labute approximate surface area is 132 Å². The van der Waals surface area contributed by atoms with E-state index < -0.39 is 23.9 Å². The minimum absolute atomic E-state index is 0.0767. The number of amides is 1. The fourth-order valence-corrected chi connectivity index (χ4v) is 1.61. The van der Waals surface area contributed by atoms with Gasteiger partial charge < -0.3 is 20.8 Å². The fourth-order valence-electron chi connectivity index (χ4n) is 1.61. The molecule has 0 saturated heterocycles. The first kappa shape index (κ1) is 20.6. The molecular formula is C16H28N2O4. The summed E-state index contributed by atoms with van der Waals surface area (Å²) < 4.78 is 0. The fraction of sp³-hybridized carbons (Fsp3) is 0.750. The Hall–Kier alpha value is -1.42. The van der Waals surface area contributed by atoms with Crippen LogP contribution in [0.2, 0.25) is 0 Å². The SMILES string of the molecule is CC(C)C#CCNC(=O)C(O)C(O)C(=O)CCCNC(C)C. The molecule has 0 saturated carbocycles. The molecule has 0 radical (unpaired) electrons. The Morgan fingerprint density at radius 1 is 1.09 bits per heavy atom. The molecule has 0 aliphatic heterocycles. The average molecular weight is 312 g/mol. The third-order valence-electron chi connectivity index (χ3n) is 2.79. The number of nitrogens with one attached hydrogen (secondary N) is 2. The van der Waals surface area contributed by atoms with Crippen LogP contribution in [0.3, 0.4) is 0 Å². The van der Waals surface area contributed by atoms with E-state index in [0.29, 0.717) is 19.0 Å². The summed E-state index contributed by atoms with van der Waals surface area (Å²) >= 11 is 0. The number of carbonyl (C=O) groups excluding carboxylic acids is 2. The summed E-state index contributed by atoms with van der Waals surface area (Å²) in [5, 5.41) is 24.9. The molecule has 0 fully saturated rings. The molecule has 0 bridgehead atoms. The predicted molar refractivity (Wildman–Crippen MR) is 85.0 cm³/mol. The van der Waals surface area contributed by atoms with Gasteiger partial charge in [0, 0.05) is 18.4 Å². The van der Waals surface area contributed by atoms with Crippen LogP contribution in [-0.4, -0.2) is 53.2 Å². The van der Waals surface area contributed by atoms with E-state index in [0.717, 1.165) is 0 Å². The van der Waals surface area contributed by atoms with Crippen molar-refractivity contribution in [3.63, 3.8) is 0 Å². The molecule has 6 heteroatoms. The molecule has 2 atom stereocenters. The van der Waals surface area contributed by atoms with E-state index in [2.05, 4.69) is 22.5 Å². The zero-order valence-electron chi connectivity index (χ0n) is 13.8. The Bertz CT molecular complexity index is 410. The number of aliphatic hydroxyl groups is 2. The molecule has 0 aromatic carbocycles. The third kappa shape index (κ3) is 9.50. The van der Waals surface area contributed by atoms with Crippen LogP contribution in [0.15, 0.2) is 0 Å². The lowest BCUT2D eigenvalue weighted by Crippen LogP contribution is -2.45. The smallest absolute Gasteiger partial charge is 0.252 e. The molecule has 22 heavy (non-hydrogen) atoms. The van der Waals surface area contributed by atoms with Gasteiger partial charge in [0.15, 0.2) is 11.9 Å². The Morgan fingerprint density at radius 2 is 1.73 bits per heavy atom. The highest BCUT2D eigenvalue weighted by molar-refractivity contribution is 5.91. The van der Waals surface area contributed by atoms with Crippen molar-refractivity contribution in [1.82, 2.24) is 10.6 Å². The Morgan fingerprint density at radius 3 is 2.27 bits per heavy atom. The van der Waals surface area contributed by atoms with Gasteiger partial charge in [-0.3, -0.25) is 9.59 Å². The largest absolute Gasteiger partial charge is 0.382 e. The van der Waals surface area contributed by atoms with Crippen molar-refractivity contribution in [2.45, 2.75) is 58.8 Å². The first-order valence-corrected chi connectivity index (χ1v) is 7.64. The van der Waals surface area contributed by atoms with E-state index >= 15 is 0 Å². The van der Waals surface area contributed by atoms with Crippen LogP contribution in [0.1, 0.15) is 40.5 Å². The molecular weight excluding hydrogens is 284 g/mol. The number of Topliss-reactive ketones (excluding diaryl/α,β-unsaturated/α-hetero) is 1. The molecule has 0 rings (SSSR count). The number of aliphatic hydroxyl groups excluding tert-OH is 2. The molecule has 4 N–H and O–H groups in total. The molecule has 0 aliphatic carbocycles. The van der Waals surface area contributed by atoms with Crippen LogP contribution in [0, 0.1) is 17.8 Å². The summed E-state index contributed by atoms with van der Waals surface area (Å²) in [5.41, 5.74) is 0. The van der Waals surface area contributed by atoms with Gasteiger partial charge in [0.05, 0.1) is 6.54 Å². The topological polar surface area (TPSA) is 98.7 Å². The molecule has 0 aliphatic rings. The van der Waals surface area contributed by atoms with E-state index in [4.69, 9.17) is 0 Å². The second-order valence-corrected chi connectivity index (χ2v) is 5.76. The van der Waals surface area contributed by atoms with E-state index in [1.165, 1.54) is 0 Å². The van der Waals surface area contributed by atoms with Gasteiger partial charge in [-0.1, -0.05) is 39.5 Å². The Kier molecular flexibility index (Phi) is 10.5. The van der Waals surface area contributed by atoms with Gasteiger partial charge in [-0.15, -0.1) is 0 Å². The third-order valence-corrected chi connectivity index (χ3v) is 2.79. The summed E-state index contributed by atoms with van der Waals surface area (Å²) in [4.78, 5) is 23.3. The molecule has 1 amide bonds. The van der Waals surface area contributed by atoms with Crippen molar-refractivity contribution >= 4 is 11.7 Å². The summed E-state index contributed by atoms with van der Waals surface area (Å²) in [6.45, 7) is 8.54. The standard InChI is InChI=1S/C16H28N2O4/c1-11(2)7-5-10-18-16(22)15(21)14(20)13(19)8-6-9-17-12(3)4/h11-12,14-15,17,20-21H,6,8-10H2,1-4H3,(H,18,22). The van der Waals surface area contributed by atoms with Crippen molar-refractivity contribution in [2.75, 3.05) is 13.1 Å². The van der Waals surface area contributed by atoms with Gasteiger partial charge >= 0.3 is 0 Å². The second-order valence-electron chi connectivity index (χ2n) is 5.76. The van der Waals surface area contributed by atoms with Crippen LogP contribution in [0.25, 0.3) is 0 Å². The van der Waals surface area contributed by atoms with Gasteiger partial charge in [0.25, 0.3) is 5.91 Å². The first-order chi connectivity index (χ1) is 10.3. The lowest BCUT2D eigenvalue weighted by atomic mass is 10.0. The normalized spacial score (nSPS) is 13.5. The van der Waals surface area contributed by atoms with Crippen LogP contribution in [0.4, 0.5) is 0 Å².